The Balaban J connectivity index is 2.07. The Kier molecular flexibility index (Phi) is 3.39. The molecule has 0 spiro atoms. The third-order valence-electron chi connectivity index (χ3n) is 3.25. The number of benzene rings is 1. The van der Waals surface area contributed by atoms with Gasteiger partial charge in [-0.25, -0.2) is 4.98 Å². The minimum atomic E-state index is -0.917. The second kappa shape index (κ2) is 4.82. The summed E-state index contributed by atoms with van der Waals surface area (Å²) < 4.78 is 1.95. The second-order valence-electron chi connectivity index (χ2n) is 4.78. The number of hydrogen-bond donors (Lipinski definition) is 2. The van der Waals surface area contributed by atoms with Crippen molar-refractivity contribution < 1.29 is 10.2 Å². The molecule has 1 aromatic carbocycles. The average Bonchev–Trinajstić information content (AvgIpc) is 2.73. The van der Waals surface area contributed by atoms with Gasteiger partial charge in [0, 0.05) is 25.9 Å². The first-order valence-corrected chi connectivity index (χ1v) is 5.97. The molecule has 0 amide bonds. The number of aliphatic hydroxyl groups is 1. The van der Waals surface area contributed by atoms with Crippen LogP contribution in [0.1, 0.15) is 24.7 Å². The summed E-state index contributed by atoms with van der Waals surface area (Å²) in [6.45, 7) is 1.78. The fourth-order valence-electron chi connectivity index (χ4n) is 1.96. The van der Waals surface area contributed by atoms with Gasteiger partial charge in [-0.05, 0) is 31.0 Å². The van der Waals surface area contributed by atoms with E-state index in [1.165, 1.54) is 0 Å². The van der Waals surface area contributed by atoms with Gasteiger partial charge >= 0.3 is 0 Å². The Morgan fingerprint density at radius 1 is 1.28 bits per heavy atom. The van der Waals surface area contributed by atoms with E-state index in [1.54, 1.807) is 37.4 Å². The molecule has 2 aromatic rings. The molecule has 0 saturated heterocycles. The fourth-order valence-corrected chi connectivity index (χ4v) is 1.96. The van der Waals surface area contributed by atoms with Gasteiger partial charge in [-0.2, -0.15) is 0 Å². The largest absolute Gasteiger partial charge is 0.508 e. The van der Waals surface area contributed by atoms with Gasteiger partial charge in [-0.3, -0.25) is 0 Å². The summed E-state index contributed by atoms with van der Waals surface area (Å²) in [5.41, 5.74) is -0.117. The number of rotatable bonds is 4. The van der Waals surface area contributed by atoms with Crippen LogP contribution in [0.15, 0.2) is 36.7 Å². The maximum atomic E-state index is 10.4. The van der Waals surface area contributed by atoms with Crippen LogP contribution < -0.4 is 0 Å². The SMILES string of the molecule is Cn1ccnc1CCC(C)(O)c1ccc(O)cc1. The van der Waals surface area contributed by atoms with Gasteiger partial charge in [0.25, 0.3) is 0 Å². The minimum absolute atomic E-state index is 0.207. The predicted molar refractivity (Wildman–Crippen MR) is 69.2 cm³/mol. The first-order valence-electron chi connectivity index (χ1n) is 5.97. The first kappa shape index (κ1) is 12.6. The molecule has 0 radical (unpaired) electrons. The predicted octanol–water partition coefficient (Wildman–Crippen LogP) is 1.97. The number of aromatic hydroxyl groups is 1. The molecule has 0 bridgehead atoms. The number of imidazole rings is 1. The Morgan fingerprint density at radius 2 is 1.94 bits per heavy atom. The molecule has 1 heterocycles. The molecule has 0 aliphatic heterocycles. The van der Waals surface area contributed by atoms with E-state index >= 15 is 0 Å². The lowest BCUT2D eigenvalue weighted by Gasteiger charge is -2.23. The van der Waals surface area contributed by atoms with Crippen molar-refractivity contribution in [1.82, 2.24) is 9.55 Å². The van der Waals surface area contributed by atoms with E-state index in [1.807, 2.05) is 17.8 Å². The van der Waals surface area contributed by atoms with Gasteiger partial charge in [-0.1, -0.05) is 12.1 Å². The van der Waals surface area contributed by atoms with Crippen molar-refractivity contribution in [3.63, 3.8) is 0 Å². The lowest BCUT2D eigenvalue weighted by Crippen LogP contribution is -2.22. The van der Waals surface area contributed by atoms with Gasteiger partial charge in [0.05, 0.1) is 5.60 Å². The second-order valence-corrected chi connectivity index (χ2v) is 4.78. The van der Waals surface area contributed by atoms with Crippen molar-refractivity contribution in [3.8, 4) is 5.75 Å². The quantitative estimate of drug-likeness (QED) is 0.867. The Hall–Kier alpha value is -1.81. The topological polar surface area (TPSA) is 58.3 Å². The molecule has 0 fully saturated rings. The van der Waals surface area contributed by atoms with E-state index in [-0.39, 0.29) is 5.75 Å². The molecule has 0 aliphatic rings. The van der Waals surface area contributed by atoms with E-state index in [9.17, 15) is 10.2 Å². The van der Waals surface area contributed by atoms with Crippen LogP contribution in [0.5, 0.6) is 5.75 Å². The summed E-state index contributed by atoms with van der Waals surface area (Å²) in [5, 5.41) is 19.7. The fraction of sp³-hybridized carbons (Fsp3) is 0.357. The highest BCUT2D eigenvalue weighted by Gasteiger charge is 2.23. The number of aromatic nitrogens is 2. The maximum absolute atomic E-state index is 10.4. The summed E-state index contributed by atoms with van der Waals surface area (Å²) in [6, 6.07) is 6.66. The van der Waals surface area contributed by atoms with Crippen LogP contribution in [0.2, 0.25) is 0 Å². The molecule has 0 saturated carbocycles. The smallest absolute Gasteiger partial charge is 0.115 e. The average molecular weight is 246 g/mol. The summed E-state index contributed by atoms with van der Waals surface area (Å²) in [5.74, 6) is 1.16. The third kappa shape index (κ3) is 2.71. The highest BCUT2D eigenvalue weighted by atomic mass is 16.3. The van der Waals surface area contributed by atoms with Crippen LogP contribution in [0.25, 0.3) is 0 Å². The zero-order valence-corrected chi connectivity index (χ0v) is 10.7. The molecule has 1 aromatic heterocycles. The third-order valence-corrected chi connectivity index (χ3v) is 3.25. The Bertz CT molecular complexity index is 515. The molecular formula is C14H18N2O2. The maximum Gasteiger partial charge on any atom is 0.115 e. The molecule has 96 valence electrons. The van der Waals surface area contributed by atoms with Crippen LogP contribution in [0.4, 0.5) is 0 Å². The van der Waals surface area contributed by atoms with Crippen LogP contribution in [0, 0.1) is 0 Å². The Morgan fingerprint density at radius 3 is 2.50 bits per heavy atom. The highest BCUT2D eigenvalue weighted by Crippen LogP contribution is 2.27. The lowest BCUT2D eigenvalue weighted by atomic mass is 9.91. The van der Waals surface area contributed by atoms with Crippen molar-refractivity contribution in [2.75, 3.05) is 0 Å². The van der Waals surface area contributed by atoms with E-state index < -0.39 is 5.60 Å². The van der Waals surface area contributed by atoms with Crippen molar-refractivity contribution in [1.29, 1.82) is 0 Å². The molecule has 4 heteroatoms. The van der Waals surface area contributed by atoms with Crippen molar-refractivity contribution in [2.45, 2.75) is 25.4 Å². The monoisotopic (exact) mass is 246 g/mol. The highest BCUT2D eigenvalue weighted by molar-refractivity contribution is 5.29. The molecule has 1 atom stereocenters. The van der Waals surface area contributed by atoms with Gasteiger partial charge in [0.1, 0.15) is 11.6 Å². The number of phenols is 1. The minimum Gasteiger partial charge on any atom is -0.508 e. The van der Waals surface area contributed by atoms with Crippen molar-refractivity contribution in [2.24, 2.45) is 7.05 Å². The van der Waals surface area contributed by atoms with Crippen molar-refractivity contribution >= 4 is 0 Å². The molecule has 4 nitrogen and oxygen atoms in total. The summed E-state index contributed by atoms with van der Waals surface area (Å²) in [4.78, 5) is 4.24. The van der Waals surface area contributed by atoms with Gasteiger partial charge < -0.3 is 14.8 Å². The van der Waals surface area contributed by atoms with Crippen LogP contribution >= 0.6 is 0 Å². The molecule has 2 N–H and O–H groups in total. The number of hydrogen-bond acceptors (Lipinski definition) is 3. The van der Waals surface area contributed by atoms with Crippen molar-refractivity contribution in [3.05, 3.63) is 48.0 Å². The number of phenolic OH excluding ortho intramolecular Hbond substituents is 1. The molecular weight excluding hydrogens is 228 g/mol. The standard InChI is InChI=1S/C14H18N2O2/c1-14(18,11-3-5-12(17)6-4-11)8-7-13-15-9-10-16(13)2/h3-6,9-10,17-18H,7-8H2,1-2H3. The molecule has 18 heavy (non-hydrogen) atoms. The molecule has 2 rings (SSSR count). The first-order chi connectivity index (χ1) is 8.49. The lowest BCUT2D eigenvalue weighted by molar-refractivity contribution is 0.0473. The summed E-state index contributed by atoms with van der Waals surface area (Å²) >= 11 is 0. The van der Waals surface area contributed by atoms with Gasteiger partial charge in [0.2, 0.25) is 0 Å². The number of nitrogens with zero attached hydrogens (tertiary/aromatic N) is 2. The van der Waals surface area contributed by atoms with Crippen LogP contribution in [-0.2, 0) is 19.1 Å². The molecule has 1 unspecified atom stereocenters. The summed E-state index contributed by atoms with van der Waals surface area (Å²) in [7, 11) is 1.94. The van der Waals surface area contributed by atoms with E-state index in [0.29, 0.717) is 12.8 Å². The summed E-state index contributed by atoms with van der Waals surface area (Å²) in [6.07, 6.45) is 4.94. The van der Waals surface area contributed by atoms with Crippen LogP contribution in [0.3, 0.4) is 0 Å². The van der Waals surface area contributed by atoms with E-state index in [2.05, 4.69) is 4.98 Å². The number of aryl methyl sites for hydroxylation is 2. The normalized spacial score (nSPS) is 14.4. The van der Waals surface area contributed by atoms with E-state index in [0.717, 1.165) is 11.4 Å². The van der Waals surface area contributed by atoms with Gasteiger partial charge in [-0.15, -0.1) is 0 Å². The zero-order chi connectivity index (χ0) is 13.2. The van der Waals surface area contributed by atoms with Crippen LogP contribution in [-0.4, -0.2) is 19.8 Å². The van der Waals surface area contributed by atoms with E-state index in [4.69, 9.17) is 0 Å². The molecule has 0 aliphatic carbocycles. The zero-order valence-electron chi connectivity index (χ0n) is 10.7. The van der Waals surface area contributed by atoms with Gasteiger partial charge in [0.15, 0.2) is 0 Å². The Labute approximate surface area is 107 Å².